The van der Waals surface area contributed by atoms with Gasteiger partial charge in [0.05, 0.1) is 12.5 Å². The van der Waals surface area contributed by atoms with Crippen LogP contribution in [0.2, 0.25) is 0 Å². The number of ether oxygens (including phenoxy) is 2. The second kappa shape index (κ2) is 4.13. The van der Waals surface area contributed by atoms with E-state index in [1.165, 1.54) is 6.07 Å². The van der Waals surface area contributed by atoms with Crippen LogP contribution in [0.1, 0.15) is 17.9 Å². The minimum absolute atomic E-state index is 0.00907. The Morgan fingerprint density at radius 1 is 1.50 bits per heavy atom. The molecule has 6 nitrogen and oxygen atoms in total. The molecule has 0 bridgehead atoms. The molecule has 18 heavy (non-hydrogen) atoms. The molecule has 1 aromatic carbocycles. The molecule has 0 radical (unpaired) electrons. The smallest absolute Gasteiger partial charge is 0.211 e. The van der Waals surface area contributed by atoms with Crippen molar-refractivity contribution < 1.29 is 19.5 Å². The van der Waals surface area contributed by atoms with Crippen LogP contribution in [0.25, 0.3) is 0 Å². The van der Waals surface area contributed by atoms with E-state index < -0.39 is 6.29 Å². The van der Waals surface area contributed by atoms with Gasteiger partial charge >= 0.3 is 0 Å². The first kappa shape index (κ1) is 11.3. The number of phenolic OH excluding ortho intramolecular Hbond substituents is 1. The van der Waals surface area contributed by atoms with Gasteiger partial charge < -0.3 is 14.6 Å². The molecule has 96 valence electrons. The summed E-state index contributed by atoms with van der Waals surface area (Å²) in [5.41, 5.74) is 0.707. The lowest BCUT2D eigenvalue weighted by atomic mass is 9.82. The third-order valence-electron chi connectivity index (χ3n) is 3.60. The first-order chi connectivity index (χ1) is 8.66. The Kier molecular flexibility index (Phi) is 2.59. The summed E-state index contributed by atoms with van der Waals surface area (Å²) in [5.74, 6) is 0.0651. The number of rotatable bonds is 2. The third-order valence-corrected chi connectivity index (χ3v) is 3.60. The lowest BCUT2D eigenvalue weighted by molar-refractivity contribution is -0.485. The highest BCUT2D eigenvalue weighted by atomic mass is 16.7. The first-order valence-electron chi connectivity index (χ1n) is 5.89. The molecule has 2 heterocycles. The molecule has 0 saturated carbocycles. The molecule has 0 unspecified atom stereocenters. The molecule has 3 rings (SSSR count). The Labute approximate surface area is 103 Å². The minimum Gasteiger partial charge on any atom is -0.504 e. The molecule has 1 N–H and O–H groups in total. The van der Waals surface area contributed by atoms with E-state index in [9.17, 15) is 15.2 Å². The van der Waals surface area contributed by atoms with Crippen molar-refractivity contribution in [1.82, 2.24) is 0 Å². The Morgan fingerprint density at radius 3 is 3.11 bits per heavy atom. The summed E-state index contributed by atoms with van der Waals surface area (Å²) in [6, 6.07) is 4.97. The number of nitrogens with zero attached hydrogens (tertiary/aromatic N) is 1. The van der Waals surface area contributed by atoms with Gasteiger partial charge in [-0.15, -0.1) is 0 Å². The zero-order chi connectivity index (χ0) is 12.7. The average Bonchev–Trinajstić information content (AvgIpc) is 2.78. The molecule has 1 saturated heterocycles. The van der Waals surface area contributed by atoms with Crippen LogP contribution in [0.5, 0.6) is 11.5 Å². The number of benzene rings is 1. The van der Waals surface area contributed by atoms with Crippen molar-refractivity contribution in [3.05, 3.63) is 33.9 Å². The minimum atomic E-state index is -0.476. The predicted molar refractivity (Wildman–Crippen MR) is 61.2 cm³/mol. The SMILES string of the molecule is O=[N+]([O-])C[C@H]1c2cccc(O)c2O[C@H]2OCC[C@H]21. The van der Waals surface area contributed by atoms with Crippen molar-refractivity contribution in [3.63, 3.8) is 0 Å². The van der Waals surface area contributed by atoms with Crippen LogP contribution < -0.4 is 4.74 Å². The van der Waals surface area contributed by atoms with Gasteiger partial charge in [-0.25, -0.2) is 0 Å². The molecule has 6 heteroatoms. The topological polar surface area (TPSA) is 81.8 Å². The van der Waals surface area contributed by atoms with E-state index in [0.29, 0.717) is 17.9 Å². The number of aromatic hydroxyl groups is 1. The molecular weight excluding hydrogens is 238 g/mol. The van der Waals surface area contributed by atoms with Crippen LogP contribution in [-0.4, -0.2) is 29.5 Å². The molecule has 1 aromatic rings. The molecular formula is C12H13NO5. The van der Waals surface area contributed by atoms with Crippen molar-refractivity contribution in [2.24, 2.45) is 5.92 Å². The fourth-order valence-electron chi connectivity index (χ4n) is 2.80. The summed E-state index contributed by atoms with van der Waals surface area (Å²) >= 11 is 0. The fourth-order valence-corrected chi connectivity index (χ4v) is 2.80. The van der Waals surface area contributed by atoms with Crippen LogP contribution in [0.3, 0.4) is 0 Å². The van der Waals surface area contributed by atoms with Crippen molar-refractivity contribution in [3.8, 4) is 11.5 Å². The molecule has 1 fully saturated rings. The predicted octanol–water partition coefficient (Wildman–Crippen LogP) is 1.51. The first-order valence-corrected chi connectivity index (χ1v) is 5.89. The highest BCUT2D eigenvalue weighted by Gasteiger charge is 2.45. The number of hydrogen-bond acceptors (Lipinski definition) is 5. The van der Waals surface area contributed by atoms with Crippen LogP contribution in [-0.2, 0) is 4.74 Å². The fraction of sp³-hybridized carbons (Fsp3) is 0.500. The maximum Gasteiger partial charge on any atom is 0.211 e. The summed E-state index contributed by atoms with van der Waals surface area (Å²) in [6.45, 7) is 0.378. The number of nitro groups is 1. The summed E-state index contributed by atoms with van der Waals surface area (Å²) in [5, 5.41) is 20.6. The maximum absolute atomic E-state index is 10.8. The van der Waals surface area contributed by atoms with Crippen LogP contribution in [0, 0.1) is 16.0 Å². The Morgan fingerprint density at radius 2 is 2.33 bits per heavy atom. The number of phenols is 1. The summed E-state index contributed by atoms with van der Waals surface area (Å²) in [7, 11) is 0. The quantitative estimate of drug-likeness (QED) is 0.636. The van der Waals surface area contributed by atoms with E-state index in [0.717, 1.165) is 6.42 Å². The standard InChI is InChI=1S/C12H13NO5/c14-10-3-1-2-7-9(6-13(15)16)8-4-5-17-12(8)18-11(7)10/h1-3,8-9,12,14H,4-6H2/t8-,9-,12+/m0/s1. The van der Waals surface area contributed by atoms with E-state index in [-0.39, 0.29) is 29.1 Å². The van der Waals surface area contributed by atoms with Crippen molar-refractivity contribution >= 4 is 0 Å². The molecule has 0 aliphatic carbocycles. The van der Waals surface area contributed by atoms with Gasteiger partial charge in [-0.3, -0.25) is 10.1 Å². The van der Waals surface area contributed by atoms with Gasteiger partial charge in [-0.1, -0.05) is 12.1 Å². The van der Waals surface area contributed by atoms with E-state index in [4.69, 9.17) is 9.47 Å². The normalized spacial score (nSPS) is 29.2. The highest BCUT2D eigenvalue weighted by Crippen LogP contribution is 2.47. The van der Waals surface area contributed by atoms with E-state index in [2.05, 4.69) is 0 Å². The molecule has 0 spiro atoms. The van der Waals surface area contributed by atoms with Crippen LogP contribution in [0.15, 0.2) is 18.2 Å². The van der Waals surface area contributed by atoms with Crippen LogP contribution >= 0.6 is 0 Å². The maximum atomic E-state index is 10.8. The zero-order valence-corrected chi connectivity index (χ0v) is 9.61. The zero-order valence-electron chi connectivity index (χ0n) is 9.61. The number of fused-ring (bicyclic) bond motifs is 2. The molecule has 2 aliphatic rings. The summed E-state index contributed by atoms with van der Waals surface area (Å²) < 4.78 is 11.0. The molecule has 0 aromatic heterocycles. The Hall–Kier alpha value is -1.82. The lowest BCUT2D eigenvalue weighted by Crippen LogP contribution is -2.36. The van der Waals surface area contributed by atoms with Crippen molar-refractivity contribution in [2.75, 3.05) is 13.2 Å². The van der Waals surface area contributed by atoms with Gasteiger partial charge in [-0.2, -0.15) is 0 Å². The van der Waals surface area contributed by atoms with Crippen LogP contribution in [0.4, 0.5) is 0 Å². The van der Waals surface area contributed by atoms with Gasteiger partial charge in [-0.05, 0) is 12.5 Å². The number of hydrogen-bond donors (Lipinski definition) is 1. The van der Waals surface area contributed by atoms with E-state index in [1.807, 2.05) is 0 Å². The molecule has 0 amide bonds. The average molecular weight is 251 g/mol. The van der Waals surface area contributed by atoms with Crippen molar-refractivity contribution in [2.45, 2.75) is 18.6 Å². The van der Waals surface area contributed by atoms with Gasteiger partial charge in [0.25, 0.3) is 0 Å². The third kappa shape index (κ3) is 1.69. The second-order valence-electron chi connectivity index (χ2n) is 4.63. The van der Waals surface area contributed by atoms with Crippen molar-refractivity contribution in [1.29, 1.82) is 0 Å². The molecule has 2 aliphatic heterocycles. The number of para-hydroxylation sites is 1. The van der Waals surface area contributed by atoms with Gasteiger partial charge in [0.15, 0.2) is 11.5 Å². The van der Waals surface area contributed by atoms with E-state index >= 15 is 0 Å². The van der Waals surface area contributed by atoms with Gasteiger partial charge in [0.2, 0.25) is 12.8 Å². The molecule has 3 atom stereocenters. The van der Waals surface area contributed by atoms with Gasteiger partial charge in [0, 0.05) is 16.4 Å². The summed E-state index contributed by atoms with van der Waals surface area (Å²) in [6.07, 6.45) is 0.272. The largest absolute Gasteiger partial charge is 0.504 e. The Balaban J connectivity index is 2.04. The second-order valence-corrected chi connectivity index (χ2v) is 4.63. The van der Waals surface area contributed by atoms with E-state index in [1.54, 1.807) is 12.1 Å². The highest BCUT2D eigenvalue weighted by molar-refractivity contribution is 5.49. The summed E-state index contributed by atoms with van der Waals surface area (Å²) in [4.78, 5) is 10.5. The van der Waals surface area contributed by atoms with Gasteiger partial charge in [0.1, 0.15) is 0 Å². The monoisotopic (exact) mass is 251 g/mol. The lowest BCUT2D eigenvalue weighted by Gasteiger charge is -2.32. The Bertz CT molecular complexity index is 489.